The van der Waals surface area contributed by atoms with E-state index in [1.165, 1.54) is 36.4 Å². The van der Waals surface area contributed by atoms with Crippen molar-refractivity contribution in [3.8, 4) is 23.0 Å². The molecule has 274 valence electrons. The predicted molar refractivity (Wildman–Crippen MR) is 166 cm³/mol. The fourth-order valence-electron chi connectivity index (χ4n) is 3.45. The van der Waals surface area contributed by atoms with Gasteiger partial charge in [-0.2, -0.15) is 0 Å². The minimum Gasteiger partial charge on any atom is -0.469 e. The SMILES string of the molecule is CCOC(=O)NCOc1cccc(C(=O)OOC(=O)c2cccc(OCNC(=O)OCC)c2OCNC(=O)OCC)c1OCNC(=O)OCC. The van der Waals surface area contributed by atoms with Gasteiger partial charge in [0, 0.05) is 0 Å². The van der Waals surface area contributed by atoms with Crippen LogP contribution in [0, 0.1) is 0 Å². The fourth-order valence-corrected chi connectivity index (χ4v) is 3.45. The Labute approximate surface area is 285 Å². The highest BCUT2D eigenvalue weighted by Gasteiger charge is 2.25. The van der Waals surface area contributed by atoms with Crippen molar-refractivity contribution < 1.29 is 76.4 Å². The van der Waals surface area contributed by atoms with Crippen molar-refractivity contribution in [3.05, 3.63) is 47.5 Å². The normalized spacial score (nSPS) is 9.92. The Hall–Kier alpha value is -6.34. The third-order valence-corrected chi connectivity index (χ3v) is 5.45. The van der Waals surface area contributed by atoms with Crippen LogP contribution >= 0.6 is 0 Å². The second kappa shape index (κ2) is 22.3. The average Bonchev–Trinajstić information content (AvgIpc) is 3.08. The minimum atomic E-state index is -1.24. The molecule has 4 N–H and O–H groups in total. The van der Waals surface area contributed by atoms with E-state index in [0.29, 0.717) is 0 Å². The van der Waals surface area contributed by atoms with Crippen molar-refractivity contribution in [1.29, 1.82) is 0 Å². The van der Waals surface area contributed by atoms with Crippen LogP contribution in [0.5, 0.6) is 23.0 Å². The summed E-state index contributed by atoms with van der Waals surface area (Å²) < 4.78 is 41.2. The first kappa shape index (κ1) is 39.8. The Morgan fingerprint density at radius 3 is 1.06 bits per heavy atom. The molecule has 0 atom stereocenters. The molecule has 0 heterocycles. The number of rotatable bonds is 18. The van der Waals surface area contributed by atoms with Gasteiger partial charge in [0.2, 0.25) is 0 Å². The van der Waals surface area contributed by atoms with E-state index in [1.807, 2.05) is 0 Å². The van der Waals surface area contributed by atoms with Gasteiger partial charge >= 0.3 is 36.3 Å². The fraction of sp³-hybridized carbons (Fsp3) is 0.400. The highest BCUT2D eigenvalue weighted by Crippen LogP contribution is 2.33. The van der Waals surface area contributed by atoms with Crippen LogP contribution in [-0.4, -0.2) is 89.7 Å². The van der Waals surface area contributed by atoms with Crippen LogP contribution in [0.1, 0.15) is 48.4 Å². The first-order valence-corrected chi connectivity index (χ1v) is 15.0. The predicted octanol–water partition coefficient (Wildman–Crippen LogP) is 2.95. The van der Waals surface area contributed by atoms with E-state index in [9.17, 15) is 28.8 Å². The zero-order valence-electron chi connectivity index (χ0n) is 27.7. The van der Waals surface area contributed by atoms with Gasteiger partial charge in [0.1, 0.15) is 11.1 Å². The Bertz CT molecular complexity index is 1350. The minimum absolute atomic E-state index is 0.0840. The molecule has 0 aliphatic carbocycles. The second-order valence-electron chi connectivity index (χ2n) is 8.75. The van der Waals surface area contributed by atoms with Gasteiger partial charge in [0.25, 0.3) is 0 Å². The summed E-state index contributed by atoms with van der Waals surface area (Å²) in [6.45, 7) is 5.00. The lowest BCUT2D eigenvalue weighted by Crippen LogP contribution is -2.30. The Balaban J connectivity index is 2.26. The summed E-state index contributed by atoms with van der Waals surface area (Å²) in [7, 11) is 0. The average molecular weight is 711 g/mol. The van der Waals surface area contributed by atoms with Crippen LogP contribution in [0.2, 0.25) is 0 Å². The third kappa shape index (κ3) is 13.8. The number of carbonyl (C=O) groups is 6. The van der Waals surface area contributed by atoms with Crippen molar-refractivity contribution in [2.24, 2.45) is 0 Å². The molecule has 0 bridgehead atoms. The van der Waals surface area contributed by atoms with Crippen LogP contribution in [0.15, 0.2) is 36.4 Å². The molecule has 0 aliphatic rings. The molecule has 4 amide bonds. The van der Waals surface area contributed by atoms with Crippen molar-refractivity contribution in [2.45, 2.75) is 27.7 Å². The summed E-state index contributed by atoms with van der Waals surface area (Å²) in [5.41, 5.74) is -0.649. The Morgan fingerprint density at radius 1 is 0.460 bits per heavy atom. The summed E-state index contributed by atoms with van der Waals surface area (Å²) >= 11 is 0. The molecule has 20 nitrogen and oxygen atoms in total. The van der Waals surface area contributed by atoms with Crippen LogP contribution < -0.4 is 40.2 Å². The Morgan fingerprint density at radius 2 is 0.760 bits per heavy atom. The number of carbonyl (C=O) groups excluding carboxylic acids is 6. The van der Waals surface area contributed by atoms with E-state index >= 15 is 0 Å². The lowest BCUT2D eigenvalue weighted by Gasteiger charge is -2.17. The zero-order valence-corrected chi connectivity index (χ0v) is 27.7. The number of ether oxygens (including phenoxy) is 8. The number of benzene rings is 2. The largest absolute Gasteiger partial charge is 0.469 e. The molecule has 0 fully saturated rings. The summed E-state index contributed by atoms with van der Waals surface area (Å²) in [6, 6.07) is 7.98. The zero-order chi connectivity index (χ0) is 36.7. The summed E-state index contributed by atoms with van der Waals surface area (Å²) in [5.74, 6) is -3.20. The molecule has 0 aliphatic heterocycles. The number of hydrogen-bond acceptors (Lipinski definition) is 16. The van der Waals surface area contributed by atoms with E-state index in [-0.39, 0.29) is 60.6 Å². The lowest BCUT2D eigenvalue weighted by atomic mass is 10.2. The number of alkyl carbamates (subject to hydrolysis) is 4. The molecule has 20 heteroatoms. The number of nitrogens with one attached hydrogen (secondary N) is 4. The smallest absolute Gasteiger partial charge is 0.409 e. The quantitative estimate of drug-likeness (QED) is 0.0752. The van der Waals surface area contributed by atoms with Crippen molar-refractivity contribution in [3.63, 3.8) is 0 Å². The maximum atomic E-state index is 13.1. The highest BCUT2D eigenvalue weighted by molar-refractivity contribution is 5.96. The molecule has 2 rings (SSSR count). The van der Waals surface area contributed by atoms with E-state index in [4.69, 9.17) is 47.7 Å². The van der Waals surface area contributed by atoms with Crippen LogP contribution in [0.4, 0.5) is 19.2 Å². The van der Waals surface area contributed by atoms with E-state index < -0.39 is 63.2 Å². The highest BCUT2D eigenvalue weighted by atomic mass is 17.2. The number of hydrogen-bond donors (Lipinski definition) is 4. The van der Waals surface area contributed by atoms with Crippen molar-refractivity contribution in [1.82, 2.24) is 21.3 Å². The van der Waals surface area contributed by atoms with Gasteiger partial charge in [-0.1, -0.05) is 12.1 Å². The molecular weight excluding hydrogens is 672 g/mol. The van der Waals surface area contributed by atoms with Crippen LogP contribution in [-0.2, 0) is 28.7 Å². The van der Waals surface area contributed by atoms with Gasteiger partial charge in [-0.3, -0.25) is 21.3 Å². The molecule has 2 aromatic carbocycles. The Kier molecular flexibility index (Phi) is 17.7. The maximum absolute atomic E-state index is 13.1. The molecule has 2 aromatic rings. The second-order valence-corrected chi connectivity index (χ2v) is 8.75. The van der Waals surface area contributed by atoms with E-state index in [1.54, 1.807) is 27.7 Å². The first-order valence-electron chi connectivity index (χ1n) is 15.0. The first-order chi connectivity index (χ1) is 24.1. The topological polar surface area (TPSA) is 243 Å². The van der Waals surface area contributed by atoms with E-state index in [2.05, 4.69) is 21.3 Å². The van der Waals surface area contributed by atoms with Crippen LogP contribution in [0.25, 0.3) is 0 Å². The molecule has 0 saturated heterocycles. The van der Waals surface area contributed by atoms with E-state index in [0.717, 1.165) is 0 Å². The van der Waals surface area contributed by atoms with Gasteiger partial charge in [0.05, 0.1) is 26.4 Å². The molecule has 0 unspecified atom stereocenters. The number of amides is 4. The summed E-state index contributed by atoms with van der Waals surface area (Å²) in [5, 5.41) is 9.25. The third-order valence-electron chi connectivity index (χ3n) is 5.45. The standard InChI is InChI=1S/C30H38N4O16/c1-5-41-27(37)31-15-45-21-13-9-11-19(23(21)47-17-33-29(39)43-7-3)25(35)49-50-26(36)20-12-10-14-22(46-16-32-28(38)42-6-2)24(20)48-18-34-30(40)44-8-4/h9-14H,5-8,15-18H2,1-4H3,(H,31,37)(H,32,38)(H,33,39)(H,34,40). The van der Waals surface area contributed by atoms with Crippen molar-refractivity contribution in [2.75, 3.05) is 53.4 Å². The van der Waals surface area contributed by atoms with Gasteiger partial charge in [-0.15, -0.1) is 0 Å². The molecule has 0 saturated carbocycles. The monoisotopic (exact) mass is 710 g/mol. The summed E-state index contributed by atoms with van der Waals surface area (Å²) in [4.78, 5) is 82.6. The number of para-hydroxylation sites is 2. The van der Waals surface area contributed by atoms with Gasteiger partial charge in [-0.05, 0) is 52.0 Å². The molecule has 0 radical (unpaired) electrons. The van der Waals surface area contributed by atoms with Crippen LogP contribution in [0.3, 0.4) is 0 Å². The van der Waals surface area contributed by atoms with Crippen molar-refractivity contribution >= 4 is 36.3 Å². The van der Waals surface area contributed by atoms with Gasteiger partial charge in [0.15, 0.2) is 49.9 Å². The van der Waals surface area contributed by atoms with Gasteiger partial charge in [-0.25, -0.2) is 38.5 Å². The summed E-state index contributed by atoms with van der Waals surface area (Å²) in [6.07, 6.45) is -3.17. The molecule has 50 heavy (non-hydrogen) atoms. The van der Waals surface area contributed by atoms with Gasteiger partial charge < -0.3 is 37.9 Å². The molecular formula is C30H38N4O16. The lowest BCUT2D eigenvalue weighted by molar-refractivity contribution is -0.187. The maximum Gasteiger partial charge on any atom is 0.409 e. The molecule has 0 spiro atoms. The molecule has 0 aromatic heterocycles.